The lowest BCUT2D eigenvalue weighted by molar-refractivity contribution is 0.472. The zero-order valence-electron chi connectivity index (χ0n) is 32.2. The summed E-state index contributed by atoms with van der Waals surface area (Å²) < 4.78 is 132. The van der Waals surface area contributed by atoms with Gasteiger partial charge in [0, 0.05) is 21.8 Å². The summed E-state index contributed by atoms with van der Waals surface area (Å²) in [6.07, 6.45) is 0. The van der Waals surface area contributed by atoms with Crippen molar-refractivity contribution >= 4 is 108 Å². The van der Waals surface area contributed by atoms with Crippen LogP contribution in [0, 0.1) is 0 Å². The second-order valence-electron chi connectivity index (χ2n) is 13.1. The van der Waals surface area contributed by atoms with Gasteiger partial charge in [-0.1, -0.05) is 42.5 Å². The molecule has 7 aromatic carbocycles. The molecule has 25 heteroatoms. The molecule has 0 bridgehead atoms. The van der Waals surface area contributed by atoms with Crippen LogP contribution in [0.15, 0.2) is 178 Å². The van der Waals surface area contributed by atoms with Gasteiger partial charge >= 0.3 is 0 Å². The highest BCUT2D eigenvalue weighted by molar-refractivity contribution is 7.86. The lowest BCUT2D eigenvalue weighted by atomic mass is 10.1. The van der Waals surface area contributed by atoms with Crippen LogP contribution in [0.2, 0.25) is 0 Å². The predicted octanol–water partition coefficient (Wildman–Crippen LogP) is 7.84. The van der Waals surface area contributed by atoms with E-state index in [1.165, 1.54) is 30.3 Å². The molecule has 0 radical (unpaired) electrons. The number of benzene rings is 7. The van der Waals surface area contributed by atoms with Crippen molar-refractivity contribution in [1.82, 2.24) is 0 Å². The van der Waals surface area contributed by atoms with Gasteiger partial charge in [-0.2, -0.15) is 38.8 Å². The Balaban J connectivity index is 0.000000355. The molecule has 0 aromatic heterocycles. The Labute approximate surface area is 364 Å². The highest BCUT2D eigenvalue weighted by Gasteiger charge is 2.25. The van der Waals surface area contributed by atoms with Gasteiger partial charge in [-0.3, -0.25) is 18.2 Å². The zero-order chi connectivity index (χ0) is 46.6. The number of nitrogens with two attached hydrogens (primary N) is 2. The molecule has 0 amide bonds. The van der Waals surface area contributed by atoms with E-state index in [4.69, 9.17) is 16.0 Å². The van der Waals surface area contributed by atoms with Crippen molar-refractivity contribution in [3.05, 3.63) is 133 Å². The normalized spacial score (nSPS) is 12.7. The van der Waals surface area contributed by atoms with Crippen molar-refractivity contribution < 1.29 is 57.0 Å². The number of azo groups is 2. The van der Waals surface area contributed by atoms with E-state index in [0.717, 1.165) is 53.8 Å². The molecular formula is C39H32N8O13S4. The molecule has 21 nitrogen and oxygen atoms in total. The van der Waals surface area contributed by atoms with Crippen LogP contribution in [0.3, 0.4) is 0 Å². The van der Waals surface area contributed by atoms with Crippen LogP contribution in [-0.4, -0.2) is 62.9 Å². The fraction of sp³-hybridized carbons (Fsp3) is 0. The first-order valence-electron chi connectivity index (χ1n) is 17.7. The van der Waals surface area contributed by atoms with E-state index < -0.39 is 72.3 Å². The van der Waals surface area contributed by atoms with Crippen LogP contribution in [-0.2, 0) is 40.5 Å². The first kappa shape index (κ1) is 46.3. The van der Waals surface area contributed by atoms with Crippen molar-refractivity contribution in [3.63, 3.8) is 0 Å². The Morgan fingerprint density at radius 3 is 1.61 bits per heavy atom. The average Bonchev–Trinajstić information content (AvgIpc) is 3.22. The van der Waals surface area contributed by atoms with Crippen molar-refractivity contribution in [2.75, 3.05) is 11.1 Å². The Kier molecular flexibility index (Phi) is 13.2. The lowest BCUT2D eigenvalue weighted by Gasteiger charge is -2.11. The molecule has 64 heavy (non-hydrogen) atoms. The third-order valence-corrected chi connectivity index (χ3v) is 12.2. The number of nitrogens with zero attached hydrogens (tertiary/aromatic N) is 5. The standard InChI is InChI=1S/C26H19N5O13S4.C13H13N3/c27-20-12-18-13(9-23(20)47(39,40)41)10-24(48(42,43)44)25(26(18)32)31-30-22-8-7-21(17-6-5-16(11-19(17)22)46(36,37)38)29-28-14-1-3-15(4-2-14)45(33,34)35;14-13(15-11-7-3-1-4-8-11)16-12-9-5-2-6-10-12/h1-12,32H,27H2,(H,33,34,35)(H,36,37,38)(H,39,40,41)(H,42,43,44);1-10H,(H3,14,15,16). The number of guanidine groups is 1. The minimum absolute atomic E-state index is 0.0391. The molecule has 0 atom stereocenters. The number of nitrogens with one attached hydrogen (secondary N) is 1. The lowest BCUT2D eigenvalue weighted by Crippen LogP contribution is -2.21. The summed E-state index contributed by atoms with van der Waals surface area (Å²) in [5.74, 6) is -0.539. The van der Waals surface area contributed by atoms with Gasteiger partial charge in [-0.05, 0) is 96.4 Å². The van der Waals surface area contributed by atoms with Gasteiger partial charge in [0.25, 0.3) is 40.5 Å². The second-order valence-corrected chi connectivity index (χ2v) is 18.7. The summed E-state index contributed by atoms with van der Waals surface area (Å²) in [5, 5.41) is 29.3. The van der Waals surface area contributed by atoms with E-state index in [9.17, 15) is 52.4 Å². The largest absolute Gasteiger partial charge is 0.505 e. The fourth-order valence-electron chi connectivity index (χ4n) is 5.78. The number of rotatable bonds is 10. The maximum atomic E-state index is 12.3. The first-order chi connectivity index (χ1) is 30.0. The topological polar surface area (TPSA) is 364 Å². The molecule has 330 valence electrons. The van der Waals surface area contributed by atoms with Crippen LogP contribution in [0.5, 0.6) is 5.75 Å². The fourth-order valence-corrected chi connectivity index (χ4v) is 8.05. The maximum Gasteiger partial charge on any atom is 0.296 e. The van der Waals surface area contributed by atoms with Crippen molar-refractivity contribution in [2.24, 2.45) is 31.2 Å². The van der Waals surface area contributed by atoms with Gasteiger partial charge in [-0.25, -0.2) is 4.99 Å². The SMILES string of the molecule is NC(=Nc1ccccc1)Nc1ccccc1.Nc1cc2c(O)c(N=Nc3ccc(N=Nc4ccc(S(=O)(=O)O)cc4)c4ccc(S(=O)(=O)O)cc34)c(S(=O)(=O)O)cc2cc1S(=O)(=O)O. The number of aliphatic imine (C=N–C) groups is 1. The Bertz CT molecular complexity index is 3490. The van der Waals surface area contributed by atoms with E-state index in [2.05, 4.69) is 30.8 Å². The molecule has 7 rings (SSSR count). The maximum absolute atomic E-state index is 12.3. The molecule has 0 heterocycles. The minimum Gasteiger partial charge on any atom is -0.505 e. The van der Waals surface area contributed by atoms with E-state index >= 15 is 0 Å². The quantitative estimate of drug-likeness (QED) is 0.0213. The Morgan fingerprint density at radius 2 is 1.03 bits per heavy atom. The summed E-state index contributed by atoms with van der Waals surface area (Å²) in [5.41, 5.74) is 12.0. The summed E-state index contributed by atoms with van der Waals surface area (Å²) in [6, 6.07) is 32.2. The molecule has 0 unspecified atom stereocenters. The van der Waals surface area contributed by atoms with E-state index in [0.29, 0.717) is 5.96 Å². The molecule has 0 aliphatic carbocycles. The molecule has 0 saturated carbocycles. The monoisotopic (exact) mass is 948 g/mol. The summed E-state index contributed by atoms with van der Waals surface area (Å²) in [6.45, 7) is 0. The van der Waals surface area contributed by atoms with Crippen LogP contribution in [0.1, 0.15) is 0 Å². The predicted molar refractivity (Wildman–Crippen MR) is 236 cm³/mol. The highest BCUT2D eigenvalue weighted by Crippen LogP contribution is 2.44. The molecule has 0 aliphatic rings. The van der Waals surface area contributed by atoms with Gasteiger partial charge in [0.2, 0.25) is 0 Å². The van der Waals surface area contributed by atoms with Gasteiger partial charge in [-0.15, -0.1) is 15.3 Å². The van der Waals surface area contributed by atoms with Crippen molar-refractivity contribution in [2.45, 2.75) is 19.6 Å². The van der Waals surface area contributed by atoms with E-state index in [1.807, 2.05) is 60.7 Å². The van der Waals surface area contributed by atoms with Crippen LogP contribution in [0.25, 0.3) is 21.5 Å². The van der Waals surface area contributed by atoms with Crippen LogP contribution < -0.4 is 16.8 Å². The molecule has 0 saturated heterocycles. The highest BCUT2D eigenvalue weighted by atomic mass is 32.2. The molecular weight excluding hydrogens is 917 g/mol. The van der Waals surface area contributed by atoms with E-state index in [-0.39, 0.29) is 43.5 Å². The molecule has 0 fully saturated rings. The van der Waals surface area contributed by atoms with Gasteiger partial charge in [0.15, 0.2) is 11.7 Å². The van der Waals surface area contributed by atoms with Crippen LogP contribution in [0.4, 0.5) is 39.8 Å². The number of para-hydroxylation sites is 2. The molecule has 0 aliphatic heterocycles. The number of aromatic hydroxyl groups is 1. The summed E-state index contributed by atoms with van der Waals surface area (Å²) in [4.78, 5) is 1.43. The van der Waals surface area contributed by atoms with Gasteiger partial charge in [0.05, 0.1) is 38.2 Å². The Morgan fingerprint density at radius 1 is 0.500 bits per heavy atom. The van der Waals surface area contributed by atoms with Gasteiger partial charge < -0.3 is 21.9 Å². The molecule has 10 N–H and O–H groups in total. The molecule has 0 spiro atoms. The van der Waals surface area contributed by atoms with Crippen molar-refractivity contribution in [1.29, 1.82) is 0 Å². The number of anilines is 2. The third kappa shape index (κ3) is 11.2. The number of phenolic OH excluding ortho intramolecular Hbond substituents is 1. The van der Waals surface area contributed by atoms with Gasteiger partial charge in [0.1, 0.15) is 15.5 Å². The van der Waals surface area contributed by atoms with E-state index in [1.54, 1.807) is 0 Å². The van der Waals surface area contributed by atoms with Crippen molar-refractivity contribution in [3.8, 4) is 5.75 Å². The second kappa shape index (κ2) is 18.2. The number of hydrogen-bond donors (Lipinski definition) is 8. The number of nitrogen functional groups attached to an aromatic ring is 1. The Hall–Kier alpha value is -7.23. The first-order valence-corrected chi connectivity index (χ1v) is 23.5. The number of fused-ring (bicyclic) bond motifs is 2. The summed E-state index contributed by atoms with van der Waals surface area (Å²) in [7, 11) is -19.3. The zero-order valence-corrected chi connectivity index (χ0v) is 35.5. The minimum atomic E-state index is -5.17. The average molecular weight is 949 g/mol. The third-order valence-electron chi connectivity index (χ3n) is 8.69. The number of phenols is 1. The smallest absolute Gasteiger partial charge is 0.296 e. The molecule has 7 aromatic rings. The number of hydrogen-bond acceptors (Lipinski definition) is 15. The van der Waals surface area contributed by atoms with Crippen LogP contribution >= 0.6 is 0 Å². The summed E-state index contributed by atoms with van der Waals surface area (Å²) >= 11 is 0.